The lowest BCUT2D eigenvalue weighted by Gasteiger charge is -2.34. The first-order valence-electron chi connectivity index (χ1n) is 8.46. The van der Waals surface area contributed by atoms with E-state index in [9.17, 15) is 4.79 Å². The van der Waals surface area contributed by atoms with E-state index >= 15 is 0 Å². The lowest BCUT2D eigenvalue weighted by molar-refractivity contribution is -0.0655. The van der Waals surface area contributed by atoms with Gasteiger partial charge in [0, 0.05) is 31.6 Å². The Morgan fingerprint density at radius 2 is 2.00 bits per heavy atom. The quantitative estimate of drug-likeness (QED) is 0.740. The molecule has 1 atom stereocenters. The molecular weight excluding hydrogens is 330 g/mol. The van der Waals surface area contributed by atoms with Gasteiger partial charge in [0.25, 0.3) is 0 Å². The number of carbonyl (C=O) groups excluding carboxylic acids is 1. The van der Waals surface area contributed by atoms with Crippen LogP contribution >= 0.6 is 0 Å². The lowest BCUT2D eigenvalue weighted by Crippen LogP contribution is -2.40. The van der Waals surface area contributed by atoms with Crippen molar-refractivity contribution in [3.8, 4) is 0 Å². The van der Waals surface area contributed by atoms with E-state index in [2.05, 4.69) is 0 Å². The summed E-state index contributed by atoms with van der Waals surface area (Å²) in [5.74, 6) is 0.696. The number of rotatable bonds is 6. The highest BCUT2D eigenvalue weighted by molar-refractivity contribution is 6.07. The van der Waals surface area contributed by atoms with Crippen molar-refractivity contribution in [1.82, 2.24) is 4.98 Å². The minimum absolute atomic E-state index is 0.0165. The number of methoxy groups -OCH3 is 3. The van der Waals surface area contributed by atoms with E-state index in [1.165, 1.54) is 0 Å². The highest BCUT2D eigenvalue weighted by Crippen LogP contribution is 2.36. The number of hydrogen-bond donors (Lipinski definition) is 0. The molecule has 0 saturated carbocycles. The van der Waals surface area contributed by atoms with Crippen molar-refractivity contribution in [1.29, 1.82) is 0 Å². The Labute approximate surface area is 153 Å². The van der Waals surface area contributed by atoms with E-state index in [0.717, 1.165) is 22.2 Å². The first-order valence-corrected chi connectivity index (χ1v) is 8.46. The van der Waals surface area contributed by atoms with Crippen LogP contribution in [-0.4, -0.2) is 44.3 Å². The van der Waals surface area contributed by atoms with E-state index in [1.807, 2.05) is 42.5 Å². The first-order chi connectivity index (χ1) is 12.5. The summed E-state index contributed by atoms with van der Waals surface area (Å²) in [6.07, 6.45) is 4.55. The number of para-hydroxylation sites is 1. The molecule has 136 valence electrons. The van der Waals surface area contributed by atoms with Gasteiger partial charge in [0.1, 0.15) is 5.76 Å². The highest BCUT2D eigenvalue weighted by Gasteiger charge is 2.38. The number of benzene rings is 1. The molecule has 0 N–H and O–H groups in total. The van der Waals surface area contributed by atoms with Crippen molar-refractivity contribution in [2.45, 2.75) is 18.9 Å². The van der Waals surface area contributed by atoms with E-state index in [-0.39, 0.29) is 5.78 Å². The summed E-state index contributed by atoms with van der Waals surface area (Å²) in [6, 6.07) is 9.51. The number of nitrogens with zero attached hydrogens (tertiary/aromatic N) is 1. The lowest BCUT2D eigenvalue weighted by atomic mass is 9.88. The largest absolute Gasteiger partial charge is 0.498 e. The van der Waals surface area contributed by atoms with Crippen LogP contribution in [0, 0.1) is 0 Å². The Kier molecular flexibility index (Phi) is 5.20. The third-order valence-corrected chi connectivity index (χ3v) is 4.77. The molecular formula is C21H23NO4. The van der Waals surface area contributed by atoms with E-state index in [0.29, 0.717) is 24.4 Å². The van der Waals surface area contributed by atoms with Gasteiger partial charge in [-0.3, -0.25) is 4.79 Å². The number of Topliss-reactive ketones (excluding diaryl/α,β-unsaturated/α-hetero) is 1. The van der Waals surface area contributed by atoms with Crippen LogP contribution in [0.4, 0.5) is 0 Å². The monoisotopic (exact) mass is 353 g/mol. The maximum absolute atomic E-state index is 12.1. The van der Waals surface area contributed by atoms with E-state index in [4.69, 9.17) is 19.2 Å². The maximum atomic E-state index is 12.1. The van der Waals surface area contributed by atoms with Crippen molar-refractivity contribution >= 4 is 22.3 Å². The van der Waals surface area contributed by atoms with Crippen LogP contribution in [0.15, 0.2) is 48.2 Å². The number of aromatic nitrogens is 1. The van der Waals surface area contributed by atoms with Gasteiger partial charge in [-0.25, -0.2) is 4.98 Å². The molecule has 0 spiro atoms. The van der Waals surface area contributed by atoms with Crippen LogP contribution in [-0.2, 0) is 14.2 Å². The van der Waals surface area contributed by atoms with Crippen molar-refractivity contribution < 1.29 is 19.0 Å². The number of ketones is 1. The number of pyridine rings is 1. The van der Waals surface area contributed by atoms with Gasteiger partial charge in [0.15, 0.2) is 11.4 Å². The third kappa shape index (κ3) is 3.16. The Hall–Kier alpha value is -2.50. The average Bonchev–Trinajstić information content (AvgIpc) is 2.67. The van der Waals surface area contributed by atoms with E-state index in [1.54, 1.807) is 28.3 Å². The zero-order chi connectivity index (χ0) is 18.7. The SMILES string of the molecule is COCC1(OC)CC=C(c2cc(C(C)=O)c3ccccc3n2)C=C1OC. The van der Waals surface area contributed by atoms with Crippen LogP contribution in [0.5, 0.6) is 0 Å². The second-order valence-electron chi connectivity index (χ2n) is 6.34. The minimum Gasteiger partial charge on any atom is -0.498 e. The maximum Gasteiger partial charge on any atom is 0.160 e. The number of hydrogen-bond acceptors (Lipinski definition) is 5. The van der Waals surface area contributed by atoms with Crippen LogP contribution in [0.2, 0.25) is 0 Å². The molecule has 5 nitrogen and oxygen atoms in total. The minimum atomic E-state index is -0.646. The van der Waals surface area contributed by atoms with Crippen LogP contribution in [0.3, 0.4) is 0 Å². The van der Waals surface area contributed by atoms with Gasteiger partial charge in [-0.15, -0.1) is 0 Å². The topological polar surface area (TPSA) is 57.7 Å². The van der Waals surface area contributed by atoms with Gasteiger partial charge >= 0.3 is 0 Å². The summed E-state index contributed by atoms with van der Waals surface area (Å²) in [4.78, 5) is 16.9. The smallest absolute Gasteiger partial charge is 0.160 e. The molecule has 2 aromatic rings. The van der Waals surface area contributed by atoms with Gasteiger partial charge in [0.2, 0.25) is 0 Å². The van der Waals surface area contributed by atoms with Crippen molar-refractivity contribution in [2.24, 2.45) is 0 Å². The molecule has 1 heterocycles. The van der Waals surface area contributed by atoms with Crippen LogP contribution < -0.4 is 0 Å². The van der Waals surface area contributed by atoms with Gasteiger partial charge < -0.3 is 14.2 Å². The molecule has 1 aliphatic carbocycles. The highest BCUT2D eigenvalue weighted by atomic mass is 16.6. The van der Waals surface area contributed by atoms with Crippen molar-refractivity contribution in [2.75, 3.05) is 27.9 Å². The first kappa shape index (κ1) is 18.3. The van der Waals surface area contributed by atoms with Gasteiger partial charge in [0.05, 0.1) is 24.9 Å². The van der Waals surface area contributed by atoms with Crippen molar-refractivity contribution in [3.05, 3.63) is 59.5 Å². The molecule has 0 aliphatic heterocycles. The summed E-state index contributed by atoms with van der Waals surface area (Å²) >= 11 is 0. The zero-order valence-electron chi connectivity index (χ0n) is 15.5. The number of carbonyl (C=O) groups is 1. The Balaban J connectivity index is 2.10. The van der Waals surface area contributed by atoms with E-state index < -0.39 is 5.60 Å². The molecule has 1 aromatic heterocycles. The molecule has 1 unspecified atom stereocenters. The third-order valence-electron chi connectivity index (χ3n) is 4.77. The zero-order valence-corrected chi connectivity index (χ0v) is 15.5. The molecule has 0 amide bonds. The molecule has 0 bridgehead atoms. The number of fused-ring (bicyclic) bond motifs is 1. The average molecular weight is 353 g/mol. The normalized spacial score (nSPS) is 19.8. The number of ether oxygens (including phenoxy) is 3. The fourth-order valence-corrected chi connectivity index (χ4v) is 3.35. The predicted molar refractivity (Wildman–Crippen MR) is 101 cm³/mol. The fourth-order valence-electron chi connectivity index (χ4n) is 3.35. The van der Waals surface area contributed by atoms with Gasteiger partial charge in [-0.1, -0.05) is 24.3 Å². The second kappa shape index (κ2) is 7.40. The standard InChI is InChI=1S/C21H23NO4/c1-14(23)17-12-19(22-18-8-6-5-7-16(17)18)15-9-10-21(26-4,13-24-2)20(11-15)25-3/h5-9,11-12H,10,13H2,1-4H3. The molecule has 0 fully saturated rings. The Morgan fingerprint density at radius 1 is 1.23 bits per heavy atom. The van der Waals surface area contributed by atoms with Crippen LogP contribution in [0.1, 0.15) is 29.4 Å². The molecule has 1 aliphatic rings. The Bertz CT molecular complexity index is 900. The summed E-state index contributed by atoms with van der Waals surface area (Å²) in [5, 5.41) is 0.863. The molecule has 0 saturated heterocycles. The Morgan fingerprint density at radius 3 is 2.65 bits per heavy atom. The summed E-state index contributed by atoms with van der Waals surface area (Å²) in [6.45, 7) is 1.96. The molecule has 26 heavy (non-hydrogen) atoms. The molecule has 5 heteroatoms. The van der Waals surface area contributed by atoms with Gasteiger partial charge in [-0.05, 0) is 30.7 Å². The van der Waals surface area contributed by atoms with Crippen LogP contribution in [0.25, 0.3) is 16.5 Å². The van der Waals surface area contributed by atoms with Crippen molar-refractivity contribution in [3.63, 3.8) is 0 Å². The fraction of sp³-hybridized carbons (Fsp3) is 0.333. The second-order valence-corrected chi connectivity index (χ2v) is 6.34. The summed E-state index contributed by atoms with van der Waals surface area (Å²) in [7, 11) is 4.90. The van der Waals surface area contributed by atoms with Gasteiger partial charge in [-0.2, -0.15) is 0 Å². The molecule has 3 rings (SSSR count). The number of allylic oxidation sites excluding steroid dienone is 2. The molecule has 1 aromatic carbocycles. The molecule has 0 radical (unpaired) electrons. The predicted octanol–water partition coefficient (Wildman–Crippen LogP) is 3.79. The summed E-state index contributed by atoms with van der Waals surface area (Å²) in [5.41, 5.74) is 2.46. The summed E-state index contributed by atoms with van der Waals surface area (Å²) < 4.78 is 16.6.